The fourth-order valence-corrected chi connectivity index (χ4v) is 5.46. The molecule has 1 saturated heterocycles. The van der Waals surface area contributed by atoms with E-state index in [2.05, 4.69) is 56.9 Å². The number of rotatable bonds is 8. The Morgan fingerprint density at radius 2 is 1.58 bits per heavy atom. The highest BCUT2D eigenvalue weighted by Crippen LogP contribution is 2.47. The molecule has 2 aromatic rings. The van der Waals surface area contributed by atoms with Crippen LogP contribution in [0.3, 0.4) is 0 Å². The molecule has 0 bridgehead atoms. The van der Waals surface area contributed by atoms with Gasteiger partial charge in [0, 0.05) is 38.9 Å². The number of methoxy groups -OCH3 is 1. The average Bonchev–Trinajstić information content (AvgIpc) is 2.86. The second-order valence-electron chi connectivity index (χ2n) is 13.0. The van der Waals surface area contributed by atoms with Crippen LogP contribution in [0.25, 0.3) is 11.3 Å². The van der Waals surface area contributed by atoms with Gasteiger partial charge in [0.2, 0.25) is 6.41 Å². The van der Waals surface area contributed by atoms with Crippen molar-refractivity contribution in [1.29, 1.82) is 0 Å². The number of anilines is 1. The number of hydrogen-bond donors (Lipinski definition) is 1. The molecule has 1 atom stereocenters. The highest BCUT2D eigenvalue weighted by Gasteiger charge is 2.37. The largest absolute Gasteiger partial charge is 0.487 e. The Bertz CT molecular complexity index is 1100. The lowest BCUT2D eigenvalue weighted by Gasteiger charge is -2.42. The van der Waals surface area contributed by atoms with E-state index in [9.17, 15) is 5.11 Å². The summed E-state index contributed by atoms with van der Waals surface area (Å²) in [6.45, 7) is 19.0. The van der Waals surface area contributed by atoms with Crippen molar-refractivity contribution in [2.45, 2.75) is 84.2 Å². The smallest absolute Gasteiger partial charge is 0.216 e. The molecule has 0 amide bonds. The standard InChI is InChI=1S/C31H47N3O4/c1-29(2,3)38-28(35)34-17-15-33(16-18-34)27-26(37-20-19-36-8)12-11-25(32-27)22-9-10-23-24(21-22)31(6,7)14-13-30(23,4)5/h9-12,21,28,35H,13-20H2,1-8H3. The van der Waals surface area contributed by atoms with Crippen LogP contribution in [-0.4, -0.2) is 73.5 Å². The first-order chi connectivity index (χ1) is 17.8. The second kappa shape index (κ2) is 11.1. The van der Waals surface area contributed by atoms with E-state index in [4.69, 9.17) is 19.2 Å². The summed E-state index contributed by atoms with van der Waals surface area (Å²) in [5.74, 6) is 1.59. The molecule has 0 saturated carbocycles. The molecule has 7 heteroatoms. The summed E-state index contributed by atoms with van der Waals surface area (Å²) in [6.07, 6.45) is 1.46. The number of nitrogens with zero attached hydrogens (tertiary/aromatic N) is 3. The summed E-state index contributed by atoms with van der Waals surface area (Å²) in [5, 5.41) is 10.6. The summed E-state index contributed by atoms with van der Waals surface area (Å²) < 4.78 is 17.1. The molecule has 38 heavy (non-hydrogen) atoms. The maximum atomic E-state index is 10.6. The van der Waals surface area contributed by atoms with E-state index in [-0.39, 0.29) is 10.8 Å². The van der Waals surface area contributed by atoms with Gasteiger partial charge < -0.3 is 24.2 Å². The van der Waals surface area contributed by atoms with Gasteiger partial charge in [0.25, 0.3) is 0 Å². The third kappa shape index (κ3) is 6.50. The van der Waals surface area contributed by atoms with E-state index >= 15 is 0 Å². The fraction of sp³-hybridized carbons (Fsp3) is 0.645. The Kier molecular flexibility index (Phi) is 8.43. The Labute approximate surface area is 229 Å². The molecule has 1 N–H and O–H groups in total. The van der Waals surface area contributed by atoms with Crippen LogP contribution >= 0.6 is 0 Å². The van der Waals surface area contributed by atoms with Crippen LogP contribution in [-0.2, 0) is 20.3 Å². The first kappa shape index (κ1) is 28.8. The lowest BCUT2D eigenvalue weighted by atomic mass is 9.63. The van der Waals surface area contributed by atoms with E-state index in [0.29, 0.717) is 39.4 Å². The van der Waals surface area contributed by atoms with Crippen LogP contribution in [0.1, 0.15) is 72.4 Å². The summed E-state index contributed by atoms with van der Waals surface area (Å²) in [7, 11) is 1.68. The molecule has 7 nitrogen and oxygen atoms in total. The summed E-state index contributed by atoms with van der Waals surface area (Å²) in [4.78, 5) is 9.37. The van der Waals surface area contributed by atoms with Crippen LogP contribution in [0.2, 0.25) is 0 Å². The predicted molar refractivity (Wildman–Crippen MR) is 153 cm³/mol. The van der Waals surface area contributed by atoms with Gasteiger partial charge in [-0.1, -0.05) is 39.8 Å². The van der Waals surface area contributed by atoms with Gasteiger partial charge in [-0.25, -0.2) is 4.98 Å². The number of aliphatic hydroxyl groups is 1. The zero-order valence-electron chi connectivity index (χ0n) is 24.6. The number of pyridine rings is 1. The van der Waals surface area contributed by atoms with E-state index in [1.807, 2.05) is 31.7 Å². The minimum absolute atomic E-state index is 0.138. The first-order valence-corrected chi connectivity index (χ1v) is 13.9. The van der Waals surface area contributed by atoms with Gasteiger partial charge in [-0.15, -0.1) is 0 Å². The zero-order chi connectivity index (χ0) is 27.7. The maximum absolute atomic E-state index is 10.6. The molecule has 210 valence electrons. The molecule has 2 heterocycles. The maximum Gasteiger partial charge on any atom is 0.216 e. The van der Waals surface area contributed by atoms with E-state index in [0.717, 1.165) is 22.8 Å². The number of ether oxygens (including phenoxy) is 3. The van der Waals surface area contributed by atoms with Gasteiger partial charge in [-0.2, -0.15) is 0 Å². The zero-order valence-corrected chi connectivity index (χ0v) is 24.6. The quantitative estimate of drug-likeness (QED) is 0.369. The SMILES string of the molecule is COCCOc1ccc(-c2ccc3c(c2)C(C)(C)CCC3(C)C)nc1N1CCN(C(O)OC(C)(C)C)CC1. The molecule has 0 spiro atoms. The van der Waals surface area contributed by atoms with Gasteiger partial charge in [0.05, 0.1) is 17.9 Å². The van der Waals surface area contributed by atoms with Gasteiger partial charge >= 0.3 is 0 Å². The minimum atomic E-state index is -0.919. The molecule has 1 aliphatic heterocycles. The van der Waals surface area contributed by atoms with Crippen molar-refractivity contribution < 1.29 is 19.3 Å². The molecule has 1 aromatic heterocycles. The minimum Gasteiger partial charge on any atom is -0.487 e. The van der Waals surface area contributed by atoms with Crippen LogP contribution < -0.4 is 9.64 Å². The Balaban J connectivity index is 1.62. The van der Waals surface area contributed by atoms with Crippen molar-refractivity contribution in [2.24, 2.45) is 0 Å². The Hall–Kier alpha value is -2.19. The third-order valence-corrected chi connectivity index (χ3v) is 7.92. The number of hydrogen-bond acceptors (Lipinski definition) is 7. The molecule has 1 aromatic carbocycles. The van der Waals surface area contributed by atoms with Crippen LogP contribution in [0.4, 0.5) is 5.82 Å². The molecule has 2 aliphatic rings. The van der Waals surface area contributed by atoms with Gasteiger partial charge in [-0.3, -0.25) is 4.90 Å². The average molecular weight is 526 g/mol. The topological polar surface area (TPSA) is 67.3 Å². The number of aromatic nitrogens is 1. The number of piperazine rings is 1. The molecule has 1 unspecified atom stereocenters. The van der Waals surface area contributed by atoms with Crippen molar-refractivity contribution in [3.05, 3.63) is 41.5 Å². The van der Waals surface area contributed by atoms with Gasteiger partial charge in [0.15, 0.2) is 11.6 Å². The van der Waals surface area contributed by atoms with Crippen LogP contribution in [0.5, 0.6) is 5.75 Å². The fourth-order valence-electron chi connectivity index (χ4n) is 5.46. The lowest BCUT2D eigenvalue weighted by Crippen LogP contribution is -2.52. The summed E-state index contributed by atoms with van der Waals surface area (Å²) >= 11 is 0. The molecule has 1 fully saturated rings. The molecular formula is C31H47N3O4. The molecule has 1 aliphatic carbocycles. The van der Waals surface area contributed by atoms with Crippen LogP contribution in [0, 0.1) is 0 Å². The molecule has 4 rings (SSSR count). The molecule has 0 radical (unpaired) electrons. The van der Waals surface area contributed by atoms with Crippen molar-refractivity contribution in [1.82, 2.24) is 9.88 Å². The van der Waals surface area contributed by atoms with E-state index in [1.165, 1.54) is 24.0 Å². The second-order valence-corrected chi connectivity index (χ2v) is 13.0. The number of fused-ring (bicyclic) bond motifs is 1. The van der Waals surface area contributed by atoms with Crippen molar-refractivity contribution in [3.63, 3.8) is 0 Å². The Morgan fingerprint density at radius 3 is 2.21 bits per heavy atom. The highest BCUT2D eigenvalue weighted by molar-refractivity contribution is 5.67. The van der Waals surface area contributed by atoms with Crippen molar-refractivity contribution in [2.75, 3.05) is 51.4 Å². The number of benzene rings is 1. The summed E-state index contributed by atoms with van der Waals surface area (Å²) in [5.41, 5.74) is 4.86. The third-order valence-electron chi connectivity index (χ3n) is 7.92. The molecular weight excluding hydrogens is 478 g/mol. The van der Waals surface area contributed by atoms with Crippen molar-refractivity contribution >= 4 is 5.82 Å². The van der Waals surface area contributed by atoms with E-state index < -0.39 is 12.0 Å². The highest BCUT2D eigenvalue weighted by atomic mass is 16.6. The first-order valence-electron chi connectivity index (χ1n) is 13.9. The lowest BCUT2D eigenvalue weighted by molar-refractivity contribution is -0.239. The summed E-state index contributed by atoms with van der Waals surface area (Å²) in [6, 6.07) is 11.0. The van der Waals surface area contributed by atoms with Gasteiger partial charge in [0.1, 0.15) is 6.61 Å². The Morgan fingerprint density at radius 1 is 0.921 bits per heavy atom. The normalized spacial score (nSPS) is 20.2. The van der Waals surface area contributed by atoms with E-state index in [1.54, 1.807) is 7.11 Å². The monoisotopic (exact) mass is 525 g/mol. The number of aliphatic hydroxyl groups excluding tert-OH is 1. The predicted octanol–water partition coefficient (Wildman–Crippen LogP) is 5.34. The van der Waals surface area contributed by atoms with Crippen LogP contribution in [0.15, 0.2) is 30.3 Å². The van der Waals surface area contributed by atoms with Gasteiger partial charge in [-0.05, 0) is 73.8 Å². The van der Waals surface area contributed by atoms with Crippen molar-refractivity contribution in [3.8, 4) is 17.0 Å².